The maximum Gasteiger partial charge on any atom is 0.454 e. The predicted molar refractivity (Wildman–Crippen MR) is 63.3 cm³/mol. The van der Waals surface area contributed by atoms with Crippen molar-refractivity contribution in [1.29, 1.82) is 0 Å². The Labute approximate surface area is 92.8 Å². The van der Waals surface area contributed by atoms with E-state index in [-0.39, 0.29) is 10.9 Å². The molecular weight excluding hydrogens is 208 g/mol. The smallest absolute Gasteiger partial charge is 0.229 e. The van der Waals surface area contributed by atoms with Crippen LogP contribution in [0.5, 0.6) is 0 Å². The minimum absolute atomic E-state index is 0.0954. The van der Waals surface area contributed by atoms with Gasteiger partial charge in [-0.1, -0.05) is 17.7 Å². The van der Waals surface area contributed by atoms with Gasteiger partial charge < -0.3 is 0 Å². The molecule has 0 spiro atoms. The van der Waals surface area contributed by atoms with Gasteiger partial charge in [-0.2, -0.15) is 0 Å². The summed E-state index contributed by atoms with van der Waals surface area (Å²) >= 11 is 4.82. The van der Waals surface area contributed by atoms with Gasteiger partial charge >= 0.3 is 5.91 Å². The molecule has 0 bridgehead atoms. The first-order chi connectivity index (χ1) is 7.18. The summed E-state index contributed by atoms with van der Waals surface area (Å²) in [7, 11) is 0. The van der Waals surface area contributed by atoms with Gasteiger partial charge in [0.2, 0.25) is 10.7 Å². The third kappa shape index (κ3) is 1.89. The van der Waals surface area contributed by atoms with Crippen LogP contribution in [0.3, 0.4) is 0 Å². The molecule has 0 unspecified atom stereocenters. The van der Waals surface area contributed by atoms with E-state index >= 15 is 0 Å². The van der Waals surface area contributed by atoms with Crippen LogP contribution >= 0.6 is 12.2 Å². The predicted octanol–water partition coefficient (Wildman–Crippen LogP) is 1.65. The van der Waals surface area contributed by atoms with Crippen LogP contribution in [0.25, 0.3) is 0 Å². The first kappa shape index (κ1) is 9.86. The lowest BCUT2D eigenvalue weighted by Gasteiger charge is -2.01. The van der Waals surface area contributed by atoms with Gasteiger partial charge in [0.05, 0.1) is 6.21 Å². The topological polar surface area (TPSA) is 32.4 Å². The first-order valence-electron chi connectivity index (χ1n) is 4.50. The van der Waals surface area contributed by atoms with Gasteiger partial charge in [-0.15, -0.1) is 4.58 Å². The zero-order valence-corrected chi connectivity index (χ0v) is 8.99. The van der Waals surface area contributed by atoms with Crippen molar-refractivity contribution >= 4 is 41.2 Å². The van der Waals surface area contributed by atoms with Crippen molar-refractivity contribution in [2.75, 3.05) is 0 Å². The highest BCUT2D eigenvalue weighted by Crippen LogP contribution is 2.13. The molecule has 1 heterocycles. The molecule has 0 fully saturated rings. The molecule has 0 saturated carbocycles. The van der Waals surface area contributed by atoms with Gasteiger partial charge in [-0.3, -0.25) is 0 Å². The van der Waals surface area contributed by atoms with Crippen molar-refractivity contribution in [3.63, 3.8) is 0 Å². The van der Waals surface area contributed by atoms with Crippen LogP contribution in [0, 0.1) is 6.92 Å². The summed E-state index contributed by atoms with van der Waals surface area (Å²) in [5.41, 5.74) is 1.96. The molecule has 1 aromatic rings. The van der Waals surface area contributed by atoms with Crippen molar-refractivity contribution in [3.05, 3.63) is 29.8 Å². The summed E-state index contributed by atoms with van der Waals surface area (Å²) < 4.78 is 1.49. The minimum Gasteiger partial charge on any atom is -0.229 e. The van der Waals surface area contributed by atoms with Crippen molar-refractivity contribution in [1.82, 2.24) is 0 Å². The Bertz CT molecular complexity index is 486. The van der Waals surface area contributed by atoms with Gasteiger partial charge in [-0.05, 0) is 19.1 Å². The Morgan fingerprint density at radius 1 is 1.27 bits per heavy atom. The van der Waals surface area contributed by atoms with E-state index in [9.17, 15) is 4.79 Å². The van der Waals surface area contributed by atoms with Crippen molar-refractivity contribution in [2.45, 2.75) is 6.92 Å². The molecule has 1 aromatic carbocycles. The van der Waals surface area contributed by atoms with Crippen molar-refractivity contribution < 1.29 is 9.37 Å². The van der Waals surface area contributed by atoms with E-state index in [1.807, 2.05) is 31.2 Å². The SMILES string of the molecule is Cc1ccc([N+]2=CC=NC(=S)C2=O)cc1. The number of thiocarbonyl (C=S) groups is 1. The zero-order chi connectivity index (χ0) is 10.8. The zero-order valence-electron chi connectivity index (χ0n) is 8.18. The summed E-state index contributed by atoms with van der Waals surface area (Å²) in [6.45, 7) is 2.00. The largest absolute Gasteiger partial charge is 0.454 e. The molecule has 74 valence electrons. The quantitative estimate of drug-likeness (QED) is 0.529. The first-order valence-corrected chi connectivity index (χ1v) is 4.91. The fraction of sp³-hybridized carbons (Fsp3) is 0.0909. The monoisotopic (exact) mass is 217 g/mol. The second-order valence-electron chi connectivity index (χ2n) is 3.24. The Morgan fingerprint density at radius 3 is 2.60 bits per heavy atom. The van der Waals surface area contributed by atoms with Gasteiger partial charge in [-0.25, -0.2) is 9.79 Å². The Hall–Kier alpha value is -1.68. The normalized spacial score (nSPS) is 15.4. The van der Waals surface area contributed by atoms with Crippen LogP contribution in [-0.4, -0.2) is 27.9 Å². The number of hydrogen-bond donors (Lipinski definition) is 0. The van der Waals surface area contributed by atoms with E-state index < -0.39 is 0 Å². The van der Waals surface area contributed by atoms with Crippen LogP contribution in [0.4, 0.5) is 5.69 Å². The summed E-state index contributed by atoms with van der Waals surface area (Å²) in [6, 6.07) is 7.66. The molecule has 0 N–H and O–H groups in total. The number of amides is 1. The molecule has 0 radical (unpaired) electrons. The summed E-state index contributed by atoms with van der Waals surface area (Å²) in [6.07, 6.45) is 3.15. The van der Waals surface area contributed by atoms with E-state index in [0.717, 1.165) is 11.3 Å². The van der Waals surface area contributed by atoms with Gasteiger partial charge in [0.1, 0.15) is 0 Å². The number of nitrogens with zero attached hydrogens (tertiary/aromatic N) is 2. The van der Waals surface area contributed by atoms with E-state index in [2.05, 4.69) is 4.99 Å². The maximum atomic E-state index is 11.7. The average Bonchev–Trinajstić information content (AvgIpc) is 2.24. The highest BCUT2D eigenvalue weighted by atomic mass is 32.1. The van der Waals surface area contributed by atoms with Crippen molar-refractivity contribution in [2.24, 2.45) is 4.99 Å². The van der Waals surface area contributed by atoms with Crippen LogP contribution in [0.1, 0.15) is 5.56 Å². The second kappa shape index (κ2) is 3.82. The molecule has 0 aliphatic carbocycles. The molecule has 2 rings (SSSR count). The van der Waals surface area contributed by atoms with E-state index in [0.29, 0.717) is 0 Å². The van der Waals surface area contributed by atoms with Gasteiger partial charge in [0.15, 0.2) is 6.21 Å². The Balaban J connectivity index is 2.43. The molecule has 0 atom stereocenters. The average molecular weight is 217 g/mol. The standard InChI is InChI=1S/C11H9N2OS/c1-8-2-4-9(5-3-8)13-7-6-12-10(15)11(13)14/h2-7H,1H3/q+1. The van der Waals surface area contributed by atoms with Crippen LogP contribution < -0.4 is 0 Å². The molecule has 4 heteroatoms. The number of benzene rings is 1. The highest BCUT2D eigenvalue weighted by molar-refractivity contribution is 7.82. The molecule has 0 saturated heterocycles. The van der Waals surface area contributed by atoms with E-state index in [1.165, 1.54) is 10.8 Å². The summed E-state index contributed by atoms with van der Waals surface area (Å²) in [5.74, 6) is -0.253. The van der Waals surface area contributed by atoms with Crippen LogP contribution in [0.15, 0.2) is 29.3 Å². The lowest BCUT2D eigenvalue weighted by Crippen LogP contribution is -2.27. The van der Waals surface area contributed by atoms with E-state index in [4.69, 9.17) is 12.2 Å². The number of aliphatic imine (C=N–C) groups is 1. The number of rotatable bonds is 1. The molecule has 1 amide bonds. The third-order valence-electron chi connectivity index (χ3n) is 2.12. The number of hydrogen-bond acceptors (Lipinski definition) is 2. The summed E-state index contributed by atoms with van der Waals surface area (Å²) in [4.78, 5) is 15.5. The number of carbonyl (C=O) groups is 1. The lowest BCUT2D eigenvalue weighted by atomic mass is 10.2. The number of carbonyl (C=O) groups excluding carboxylic acids is 1. The lowest BCUT2D eigenvalue weighted by molar-refractivity contribution is -0.351. The molecule has 15 heavy (non-hydrogen) atoms. The van der Waals surface area contributed by atoms with Crippen LogP contribution in [0.2, 0.25) is 0 Å². The summed E-state index contributed by atoms with van der Waals surface area (Å²) in [5, 5.41) is 0. The second-order valence-corrected chi connectivity index (χ2v) is 3.63. The van der Waals surface area contributed by atoms with Crippen molar-refractivity contribution in [3.8, 4) is 0 Å². The maximum absolute atomic E-state index is 11.7. The highest BCUT2D eigenvalue weighted by Gasteiger charge is 2.26. The van der Waals surface area contributed by atoms with E-state index in [1.54, 1.807) is 6.21 Å². The number of aryl methyl sites for hydroxylation is 1. The molecule has 3 nitrogen and oxygen atoms in total. The van der Waals surface area contributed by atoms with Crippen LogP contribution in [-0.2, 0) is 4.79 Å². The Kier molecular flexibility index (Phi) is 2.51. The fourth-order valence-electron chi connectivity index (χ4n) is 1.30. The fourth-order valence-corrected chi connectivity index (χ4v) is 1.46. The molecule has 1 aliphatic heterocycles. The molecule has 0 aromatic heterocycles. The van der Waals surface area contributed by atoms with Gasteiger partial charge in [0, 0.05) is 12.1 Å². The minimum atomic E-state index is -0.253. The molecule has 1 aliphatic rings. The van der Waals surface area contributed by atoms with Gasteiger partial charge in [0.25, 0.3) is 0 Å². The Morgan fingerprint density at radius 2 is 1.93 bits per heavy atom. The molecular formula is C11H9N2OS+. The third-order valence-corrected chi connectivity index (χ3v) is 2.40.